The fraction of sp³-hybridized carbons (Fsp3) is 0.273. The van der Waals surface area contributed by atoms with Crippen LogP contribution in [0, 0.1) is 11.7 Å². The number of carboxylic acids is 1. The Hall–Kier alpha value is -2.79. The molecule has 0 saturated carbocycles. The average molecular weight is 364 g/mol. The lowest BCUT2D eigenvalue weighted by molar-refractivity contribution is -0.143. The molecular weight excluding hydrogens is 343 g/mol. The van der Waals surface area contributed by atoms with Gasteiger partial charge < -0.3 is 5.11 Å². The van der Waals surface area contributed by atoms with Gasteiger partial charge in [0.25, 0.3) is 0 Å². The predicted molar refractivity (Wildman–Crippen MR) is 102 cm³/mol. The summed E-state index contributed by atoms with van der Waals surface area (Å²) in [5, 5.41) is 11.5. The quantitative estimate of drug-likeness (QED) is 0.752. The Morgan fingerprint density at radius 2 is 1.74 bits per heavy atom. The molecule has 3 aromatic rings. The summed E-state index contributed by atoms with van der Waals surface area (Å²) < 4.78 is 13.5. The molecule has 138 valence electrons. The van der Waals surface area contributed by atoms with Crippen LogP contribution in [0.15, 0.2) is 60.9 Å². The summed E-state index contributed by atoms with van der Waals surface area (Å²) in [6, 6.07) is 14.8. The molecule has 1 atom stereocenters. The van der Waals surface area contributed by atoms with Crippen LogP contribution in [0.25, 0.3) is 10.8 Å². The Morgan fingerprint density at radius 1 is 1.04 bits per heavy atom. The van der Waals surface area contributed by atoms with Crippen molar-refractivity contribution in [2.45, 2.75) is 18.9 Å². The lowest BCUT2D eigenvalue weighted by Gasteiger charge is -2.37. The van der Waals surface area contributed by atoms with Gasteiger partial charge in [0, 0.05) is 17.8 Å². The van der Waals surface area contributed by atoms with Crippen molar-refractivity contribution < 1.29 is 14.3 Å². The molecule has 5 heteroatoms. The Labute approximate surface area is 157 Å². The number of fused-ring (bicyclic) bond motifs is 1. The molecule has 27 heavy (non-hydrogen) atoms. The van der Waals surface area contributed by atoms with Crippen molar-refractivity contribution in [2.24, 2.45) is 5.92 Å². The number of piperidine rings is 1. The Morgan fingerprint density at radius 3 is 2.44 bits per heavy atom. The van der Waals surface area contributed by atoms with Crippen molar-refractivity contribution in [3.63, 3.8) is 0 Å². The van der Waals surface area contributed by atoms with Gasteiger partial charge in [-0.3, -0.25) is 14.7 Å². The maximum Gasteiger partial charge on any atom is 0.306 e. The summed E-state index contributed by atoms with van der Waals surface area (Å²) in [4.78, 5) is 17.8. The summed E-state index contributed by atoms with van der Waals surface area (Å²) in [6.45, 7) is 1.40. The number of carboxylic acid groups (broad SMARTS) is 1. The van der Waals surface area contributed by atoms with E-state index in [0.717, 1.165) is 21.9 Å². The number of halogens is 1. The van der Waals surface area contributed by atoms with Crippen LogP contribution in [0.1, 0.15) is 30.0 Å². The monoisotopic (exact) mass is 364 g/mol. The van der Waals surface area contributed by atoms with Crippen molar-refractivity contribution >= 4 is 16.7 Å². The molecule has 0 amide bonds. The summed E-state index contributed by atoms with van der Waals surface area (Å²) in [6.07, 6.45) is 4.87. The molecule has 1 fully saturated rings. The number of hydrogen-bond donors (Lipinski definition) is 1. The molecule has 2 aromatic carbocycles. The van der Waals surface area contributed by atoms with Gasteiger partial charge in [-0.2, -0.15) is 0 Å². The first-order chi connectivity index (χ1) is 13.1. The van der Waals surface area contributed by atoms with Gasteiger partial charge in [-0.15, -0.1) is 0 Å². The maximum atomic E-state index is 13.5. The van der Waals surface area contributed by atoms with Gasteiger partial charge in [0.15, 0.2) is 0 Å². The van der Waals surface area contributed by atoms with Crippen molar-refractivity contribution in [3.05, 3.63) is 77.9 Å². The third kappa shape index (κ3) is 3.69. The molecule has 1 N–H and O–H groups in total. The van der Waals surface area contributed by atoms with E-state index in [9.17, 15) is 14.3 Å². The number of rotatable bonds is 4. The first-order valence-electron chi connectivity index (χ1n) is 9.18. The molecular formula is C22H21FN2O2. The van der Waals surface area contributed by atoms with Crippen LogP contribution in [-0.2, 0) is 4.79 Å². The molecule has 0 radical (unpaired) electrons. The third-order valence-electron chi connectivity index (χ3n) is 5.41. The van der Waals surface area contributed by atoms with Crippen molar-refractivity contribution in [1.82, 2.24) is 9.88 Å². The highest BCUT2D eigenvalue weighted by molar-refractivity contribution is 5.82. The predicted octanol–water partition coefficient (Wildman–Crippen LogP) is 4.26. The van der Waals surface area contributed by atoms with Crippen molar-refractivity contribution in [2.75, 3.05) is 13.1 Å². The summed E-state index contributed by atoms with van der Waals surface area (Å²) in [7, 11) is 0. The van der Waals surface area contributed by atoms with E-state index < -0.39 is 5.97 Å². The Kier molecular flexibility index (Phi) is 4.86. The number of aliphatic carboxylic acids is 1. The van der Waals surface area contributed by atoms with E-state index >= 15 is 0 Å². The standard InChI is InChI=1S/C22H21FN2O2/c23-20-5-3-15(4-6-20)21(25-11-8-16(9-12-25)22(26)27)18-1-2-19-14-24-10-7-17(19)13-18/h1-7,10,13-14,16,21H,8-9,11-12H2,(H,26,27). The molecule has 1 aromatic heterocycles. The minimum Gasteiger partial charge on any atom is -0.481 e. The van der Waals surface area contributed by atoms with Crippen LogP contribution < -0.4 is 0 Å². The number of likely N-dealkylation sites (tertiary alicyclic amines) is 1. The molecule has 1 saturated heterocycles. The normalized spacial score (nSPS) is 17.1. The summed E-state index contributed by atoms with van der Waals surface area (Å²) >= 11 is 0. The number of pyridine rings is 1. The van der Waals surface area contributed by atoms with Gasteiger partial charge >= 0.3 is 5.97 Å². The molecule has 1 aliphatic rings. The van der Waals surface area contributed by atoms with E-state index in [1.54, 1.807) is 6.20 Å². The van der Waals surface area contributed by atoms with E-state index in [4.69, 9.17) is 0 Å². The number of aromatic nitrogens is 1. The van der Waals surface area contributed by atoms with Gasteiger partial charge in [-0.25, -0.2) is 4.39 Å². The Balaban J connectivity index is 1.71. The second kappa shape index (κ2) is 7.45. The second-order valence-corrected chi connectivity index (χ2v) is 7.08. The number of nitrogens with zero attached hydrogens (tertiary/aromatic N) is 2. The molecule has 2 heterocycles. The second-order valence-electron chi connectivity index (χ2n) is 7.08. The molecule has 0 aliphatic carbocycles. The van der Waals surface area contributed by atoms with E-state index in [-0.39, 0.29) is 17.8 Å². The zero-order valence-corrected chi connectivity index (χ0v) is 14.9. The van der Waals surface area contributed by atoms with E-state index in [1.165, 1.54) is 12.1 Å². The molecule has 1 aliphatic heterocycles. The minimum absolute atomic E-state index is 0.0297. The summed E-state index contributed by atoms with van der Waals surface area (Å²) in [5.41, 5.74) is 2.13. The molecule has 0 bridgehead atoms. The molecule has 4 nitrogen and oxygen atoms in total. The largest absolute Gasteiger partial charge is 0.481 e. The van der Waals surface area contributed by atoms with Crippen LogP contribution in [0.5, 0.6) is 0 Å². The van der Waals surface area contributed by atoms with Gasteiger partial charge in [0.1, 0.15) is 5.82 Å². The number of benzene rings is 2. The van der Waals surface area contributed by atoms with Crippen LogP contribution in [0.2, 0.25) is 0 Å². The first kappa shape index (κ1) is 17.6. The van der Waals surface area contributed by atoms with Crippen LogP contribution in [-0.4, -0.2) is 34.0 Å². The smallest absolute Gasteiger partial charge is 0.306 e. The van der Waals surface area contributed by atoms with Crippen molar-refractivity contribution in [3.8, 4) is 0 Å². The van der Waals surface area contributed by atoms with Gasteiger partial charge in [0.2, 0.25) is 0 Å². The lowest BCUT2D eigenvalue weighted by Crippen LogP contribution is -2.39. The maximum absolute atomic E-state index is 13.5. The number of hydrogen-bond acceptors (Lipinski definition) is 3. The van der Waals surface area contributed by atoms with Crippen molar-refractivity contribution in [1.29, 1.82) is 0 Å². The molecule has 0 spiro atoms. The van der Waals surface area contributed by atoms with Gasteiger partial charge in [-0.05, 0) is 66.7 Å². The SMILES string of the molecule is O=C(O)C1CCN(C(c2ccc(F)cc2)c2ccc3cnccc3c2)CC1. The fourth-order valence-corrected chi connectivity index (χ4v) is 3.94. The van der Waals surface area contributed by atoms with Gasteiger partial charge in [-0.1, -0.05) is 24.3 Å². The van der Waals surface area contributed by atoms with E-state index in [0.29, 0.717) is 25.9 Å². The van der Waals surface area contributed by atoms with E-state index in [1.807, 2.05) is 24.4 Å². The average Bonchev–Trinajstić information content (AvgIpc) is 2.70. The van der Waals surface area contributed by atoms with E-state index in [2.05, 4.69) is 28.1 Å². The molecule has 4 rings (SSSR count). The number of carbonyl (C=O) groups is 1. The zero-order valence-electron chi connectivity index (χ0n) is 14.9. The van der Waals surface area contributed by atoms with Crippen LogP contribution >= 0.6 is 0 Å². The topological polar surface area (TPSA) is 53.4 Å². The molecule has 1 unspecified atom stereocenters. The third-order valence-corrected chi connectivity index (χ3v) is 5.41. The lowest BCUT2D eigenvalue weighted by atomic mass is 9.90. The van der Waals surface area contributed by atoms with Crippen LogP contribution in [0.3, 0.4) is 0 Å². The summed E-state index contributed by atoms with van der Waals surface area (Å²) in [5.74, 6) is -1.25. The highest BCUT2D eigenvalue weighted by Gasteiger charge is 2.30. The van der Waals surface area contributed by atoms with Gasteiger partial charge in [0.05, 0.1) is 12.0 Å². The highest BCUT2D eigenvalue weighted by Crippen LogP contribution is 2.34. The zero-order chi connectivity index (χ0) is 18.8. The minimum atomic E-state index is -0.716. The Bertz CT molecular complexity index is 950. The highest BCUT2D eigenvalue weighted by atomic mass is 19.1. The fourth-order valence-electron chi connectivity index (χ4n) is 3.94. The van der Waals surface area contributed by atoms with Crippen LogP contribution in [0.4, 0.5) is 4.39 Å². The first-order valence-corrected chi connectivity index (χ1v) is 9.18.